The van der Waals surface area contributed by atoms with Crippen LogP contribution >= 0.6 is 0 Å². The summed E-state index contributed by atoms with van der Waals surface area (Å²) in [5.74, 6) is -1.32. The Morgan fingerprint density at radius 3 is 2.30 bits per heavy atom. The molecule has 0 heterocycles. The average Bonchev–Trinajstić information content (AvgIpc) is 2.45. The molecule has 23 heavy (non-hydrogen) atoms. The van der Waals surface area contributed by atoms with Crippen molar-refractivity contribution in [2.75, 3.05) is 26.9 Å². The number of ether oxygens (including phenoxy) is 2. The molecule has 0 bridgehead atoms. The van der Waals surface area contributed by atoms with Crippen molar-refractivity contribution in [1.29, 1.82) is 0 Å². The van der Waals surface area contributed by atoms with Gasteiger partial charge in [-0.15, -0.1) is 0 Å². The Kier molecular flexibility index (Phi) is 6.83. The molecule has 0 saturated carbocycles. The van der Waals surface area contributed by atoms with Gasteiger partial charge in [-0.05, 0) is 17.7 Å². The van der Waals surface area contributed by atoms with Crippen LogP contribution in [0.1, 0.15) is 5.56 Å². The molecule has 6 nitrogen and oxygen atoms in total. The molecule has 1 aromatic carbocycles. The minimum absolute atomic E-state index is 0.174. The van der Waals surface area contributed by atoms with Crippen LogP contribution in [0, 0.1) is 0 Å². The predicted octanol–water partition coefficient (Wildman–Crippen LogP) is 1.69. The third kappa shape index (κ3) is 8.05. The summed E-state index contributed by atoms with van der Waals surface area (Å²) in [5.41, 5.74) is 0.708. The van der Waals surface area contributed by atoms with Gasteiger partial charge in [0.15, 0.2) is 6.61 Å². The molecule has 0 aliphatic rings. The molecule has 1 aromatic rings. The van der Waals surface area contributed by atoms with Crippen LogP contribution in [0.2, 0.25) is 0 Å². The van der Waals surface area contributed by atoms with Crippen LogP contribution in [0.15, 0.2) is 24.3 Å². The van der Waals surface area contributed by atoms with Gasteiger partial charge in [-0.3, -0.25) is 4.79 Å². The van der Waals surface area contributed by atoms with Crippen LogP contribution < -0.4 is 4.74 Å². The second-order valence-electron chi connectivity index (χ2n) is 4.68. The number of nitrogens with zero attached hydrogens (tertiary/aromatic N) is 1. The molecule has 0 saturated heterocycles. The fraction of sp³-hybridized carbons (Fsp3) is 0.429. The zero-order chi connectivity index (χ0) is 17.5. The molecule has 0 spiro atoms. The number of carbonyl (C=O) groups is 2. The molecule has 1 amide bonds. The van der Waals surface area contributed by atoms with E-state index in [4.69, 9.17) is 9.84 Å². The van der Waals surface area contributed by atoms with Gasteiger partial charge < -0.3 is 19.5 Å². The number of carbonyl (C=O) groups excluding carboxylic acids is 1. The lowest BCUT2D eigenvalue weighted by Gasteiger charge is -2.18. The van der Waals surface area contributed by atoms with E-state index in [2.05, 4.69) is 4.74 Å². The molecule has 0 unspecified atom stereocenters. The summed E-state index contributed by atoms with van der Waals surface area (Å²) in [6.45, 7) is -2.42. The number of benzene rings is 1. The largest absolute Gasteiger partial charge is 0.482 e. The average molecular weight is 335 g/mol. The molecule has 0 radical (unpaired) electrons. The van der Waals surface area contributed by atoms with Crippen molar-refractivity contribution in [1.82, 2.24) is 4.90 Å². The van der Waals surface area contributed by atoms with Gasteiger partial charge in [0.1, 0.15) is 19.0 Å². The monoisotopic (exact) mass is 335 g/mol. The normalized spacial score (nSPS) is 11.1. The minimum Gasteiger partial charge on any atom is -0.482 e. The van der Waals surface area contributed by atoms with Crippen LogP contribution in [0.5, 0.6) is 5.75 Å². The molecule has 0 aromatic heterocycles. The first-order valence-electron chi connectivity index (χ1n) is 6.49. The van der Waals surface area contributed by atoms with E-state index in [1.54, 1.807) is 12.1 Å². The molecular weight excluding hydrogens is 319 g/mol. The zero-order valence-corrected chi connectivity index (χ0v) is 12.3. The van der Waals surface area contributed by atoms with Gasteiger partial charge in [0.05, 0.1) is 0 Å². The third-order valence-electron chi connectivity index (χ3n) is 2.62. The Morgan fingerprint density at radius 1 is 1.17 bits per heavy atom. The summed E-state index contributed by atoms with van der Waals surface area (Å²) < 4.78 is 45.0. The number of likely N-dealkylation sites (N-methyl/N-ethyl adjacent to an activating group) is 1. The van der Waals surface area contributed by atoms with E-state index in [0.717, 1.165) is 0 Å². The predicted molar refractivity (Wildman–Crippen MR) is 72.9 cm³/mol. The summed E-state index contributed by atoms with van der Waals surface area (Å²) in [6, 6.07) is 6.32. The van der Waals surface area contributed by atoms with Crippen LogP contribution in [0.4, 0.5) is 13.2 Å². The van der Waals surface area contributed by atoms with Gasteiger partial charge in [-0.1, -0.05) is 12.1 Å². The molecule has 1 N–H and O–H groups in total. The Morgan fingerprint density at radius 2 is 1.78 bits per heavy atom. The van der Waals surface area contributed by atoms with Crippen LogP contribution in [-0.4, -0.2) is 54.9 Å². The Balaban J connectivity index is 2.42. The highest BCUT2D eigenvalue weighted by atomic mass is 19.4. The van der Waals surface area contributed by atoms with E-state index >= 15 is 0 Å². The highest BCUT2D eigenvalue weighted by molar-refractivity contribution is 5.77. The van der Waals surface area contributed by atoms with E-state index in [0.29, 0.717) is 11.3 Å². The maximum Gasteiger partial charge on any atom is 0.411 e. The Bertz CT molecular complexity index is 530. The number of aliphatic carboxylic acids is 1. The highest BCUT2D eigenvalue weighted by Gasteiger charge is 2.28. The number of carboxylic acid groups (broad SMARTS) is 1. The van der Waals surface area contributed by atoms with Gasteiger partial charge >= 0.3 is 12.1 Å². The minimum atomic E-state index is -4.47. The van der Waals surface area contributed by atoms with Gasteiger partial charge in [-0.25, -0.2) is 4.79 Å². The van der Waals surface area contributed by atoms with Crippen LogP contribution in [0.25, 0.3) is 0 Å². The molecule has 0 aliphatic carbocycles. The number of carboxylic acids is 1. The first-order chi connectivity index (χ1) is 10.7. The number of rotatable bonds is 8. The number of alkyl halides is 3. The Hall–Kier alpha value is -2.29. The van der Waals surface area contributed by atoms with E-state index in [1.165, 1.54) is 24.1 Å². The third-order valence-corrected chi connectivity index (χ3v) is 2.62. The quantitative estimate of drug-likeness (QED) is 0.782. The first kappa shape index (κ1) is 18.8. The molecule has 0 aliphatic heterocycles. The molecule has 9 heteroatoms. The van der Waals surface area contributed by atoms with Gasteiger partial charge in [-0.2, -0.15) is 13.2 Å². The standard InChI is InChI=1S/C14H16F3NO5/c1-18(12(19)7-22-9-14(15,16)17)6-10-2-4-11(5-3-10)23-8-13(20)21/h2-5H,6-9H2,1H3,(H,20,21). The molecular formula is C14H16F3NO5. The lowest BCUT2D eigenvalue weighted by atomic mass is 10.2. The van der Waals surface area contributed by atoms with Crippen molar-refractivity contribution in [2.24, 2.45) is 0 Å². The van der Waals surface area contributed by atoms with Crippen LogP contribution in [0.3, 0.4) is 0 Å². The van der Waals surface area contributed by atoms with Gasteiger partial charge in [0.25, 0.3) is 0 Å². The van der Waals surface area contributed by atoms with Crippen molar-refractivity contribution in [2.45, 2.75) is 12.7 Å². The fourth-order valence-corrected chi connectivity index (χ4v) is 1.56. The van der Waals surface area contributed by atoms with Crippen molar-refractivity contribution in [3.63, 3.8) is 0 Å². The van der Waals surface area contributed by atoms with Gasteiger partial charge in [0, 0.05) is 13.6 Å². The van der Waals surface area contributed by atoms with Crippen molar-refractivity contribution in [3.8, 4) is 5.75 Å². The molecule has 0 atom stereocenters. The second-order valence-corrected chi connectivity index (χ2v) is 4.68. The maximum atomic E-state index is 11.9. The maximum absolute atomic E-state index is 11.9. The summed E-state index contributed by atoms with van der Waals surface area (Å²) in [5, 5.41) is 8.48. The number of amides is 1. The first-order valence-corrected chi connectivity index (χ1v) is 6.49. The summed E-state index contributed by atoms with van der Waals surface area (Å²) in [4.78, 5) is 23.2. The number of halogens is 3. The smallest absolute Gasteiger partial charge is 0.411 e. The summed E-state index contributed by atoms with van der Waals surface area (Å²) in [6.07, 6.45) is -4.47. The fourth-order valence-electron chi connectivity index (χ4n) is 1.56. The summed E-state index contributed by atoms with van der Waals surface area (Å²) in [7, 11) is 1.44. The van der Waals surface area contributed by atoms with Crippen molar-refractivity contribution < 1.29 is 37.3 Å². The second kappa shape index (κ2) is 8.37. The molecule has 1 rings (SSSR count). The van der Waals surface area contributed by atoms with E-state index in [-0.39, 0.29) is 6.54 Å². The molecule has 128 valence electrons. The van der Waals surface area contributed by atoms with E-state index < -0.39 is 37.9 Å². The highest BCUT2D eigenvalue weighted by Crippen LogP contribution is 2.15. The zero-order valence-electron chi connectivity index (χ0n) is 12.3. The Labute approximate surface area is 130 Å². The lowest BCUT2D eigenvalue weighted by molar-refractivity contribution is -0.177. The van der Waals surface area contributed by atoms with E-state index in [1.807, 2.05) is 0 Å². The number of hydrogen-bond acceptors (Lipinski definition) is 4. The van der Waals surface area contributed by atoms with Crippen molar-refractivity contribution in [3.05, 3.63) is 29.8 Å². The molecule has 0 fully saturated rings. The summed E-state index contributed by atoms with van der Waals surface area (Å²) >= 11 is 0. The van der Waals surface area contributed by atoms with Crippen molar-refractivity contribution >= 4 is 11.9 Å². The number of hydrogen-bond donors (Lipinski definition) is 1. The van der Waals surface area contributed by atoms with E-state index in [9.17, 15) is 22.8 Å². The van der Waals surface area contributed by atoms with Gasteiger partial charge in [0.2, 0.25) is 5.91 Å². The SMILES string of the molecule is CN(Cc1ccc(OCC(=O)O)cc1)C(=O)COCC(F)(F)F. The topological polar surface area (TPSA) is 76.1 Å². The lowest BCUT2D eigenvalue weighted by Crippen LogP contribution is -2.31. The van der Waals surface area contributed by atoms with Crippen LogP contribution in [-0.2, 0) is 20.9 Å².